The second-order valence-corrected chi connectivity index (χ2v) is 6.65. The number of hydrogen-bond acceptors (Lipinski definition) is 3. The summed E-state index contributed by atoms with van der Waals surface area (Å²) in [6.45, 7) is 0.271. The Labute approximate surface area is 129 Å². The number of aliphatic carboxylic acids is 1. The molecule has 4 nitrogen and oxygen atoms in total. The molecule has 0 unspecified atom stereocenters. The number of hydrogen-bond donors (Lipinski definition) is 2. The highest BCUT2D eigenvalue weighted by molar-refractivity contribution is 7.99. The van der Waals surface area contributed by atoms with Crippen molar-refractivity contribution in [3.63, 3.8) is 0 Å². The van der Waals surface area contributed by atoms with Gasteiger partial charge in [0, 0.05) is 17.9 Å². The van der Waals surface area contributed by atoms with Crippen LogP contribution in [0.5, 0.6) is 0 Å². The molecule has 5 heteroatoms. The van der Waals surface area contributed by atoms with Gasteiger partial charge >= 0.3 is 5.97 Å². The maximum Gasteiger partial charge on any atom is 0.311 e. The van der Waals surface area contributed by atoms with Crippen LogP contribution in [-0.2, 0) is 9.59 Å². The zero-order valence-corrected chi connectivity index (χ0v) is 12.8. The number of carboxylic acids is 1. The van der Waals surface area contributed by atoms with E-state index in [0.29, 0.717) is 19.3 Å². The molecule has 0 aromatic heterocycles. The van der Waals surface area contributed by atoms with E-state index >= 15 is 0 Å². The highest BCUT2D eigenvalue weighted by Gasteiger charge is 2.44. The highest BCUT2D eigenvalue weighted by atomic mass is 32.2. The molecule has 1 aromatic carbocycles. The van der Waals surface area contributed by atoms with Crippen molar-refractivity contribution in [1.82, 2.24) is 5.32 Å². The molecule has 2 rings (SSSR count). The van der Waals surface area contributed by atoms with Gasteiger partial charge in [0.15, 0.2) is 0 Å². The first kappa shape index (κ1) is 15.9. The summed E-state index contributed by atoms with van der Waals surface area (Å²) in [5.74, 6) is 0.0616. The van der Waals surface area contributed by atoms with Crippen molar-refractivity contribution in [2.45, 2.75) is 37.0 Å². The minimum Gasteiger partial charge on any atom is -0.481 e. The first-order chi connectivity index (χ1) is 10.1. The van der Waals surface area contributed by atoms with Crippen molar-refractivity contribution in [2.24, 2.45) is 5.41 Å². The van der Waals surface area contributed by atoms with Crippen LogP contribution in [0, 0.1) is 5.41 Å². The van der Waals surface area contributed by atoms with E-state index in [0.717, 1.165) is 18.6 Å². The van der Waals surface area contributed by atoms with Gasteiger partial charge in [0.1, 0.15) is 0 Å². The number of nitrogens with one attached hydrogen (secondary N) is 1. The predicted octanol–water partition coefficient (Wildman–Crippen LogP) is 2.93. The standard InChI is InChI=1S/C16H21NO3S/c18-14(17-12-16(15(19)20)9-5-10-16)8-4-11-21-13-6-2-1-3-7-13/h1-3,6-7H,4-5,8-12H2,(H,17,18)(H,19,20). The van der Waals surface area contributed by atoms with E-state index in [-0.39, 0.29) is 12.5 Å². The van der Waals surface area contributed by atoms with Crippen molar-refractivity contribution in [3.8, 4) is 0 Å². The van der Waals surface area contributed by atoms with E-state index in [4.69, 9.17) is 0 Å². The van der Waals surface area contributed by atoms with Gasteiger partial charge in [-0.3, -0.25) is 9.59 Å². The van der Waals surface area contributed by atoms with Gasteiger partial charge in [-0.15, -0.1) is 11.8 Å². The molecule has 0 heterocycles. The minimum atomic E-state index is -0.784. The molecule has 0 bridgehead atoms. The fraction of sp³-hybridized carbons (Fsp3) is 0.500. The van der Waals surface area contributed by atoms with E-state index in [2.05, 4.69) is 17.4 Å². The number of thioether (sulfide) groups is 1. The Balaban J connectivity index is 1.61. The fourth-order valence-corrected chi connectivity index (χ4v) is 3.24. The number of rotatable bonds is 8. The lowest BCUT2D eigenvalue weighted by Gasteiger charge is -2.37. The Bertz CT molecular complexity index is 486. The highest BCUT2D eigenvalue weighted by Crippen LogP contribution is 2.40. The summed E-state index contributed by atoms with van der Waals surface area (Å²) in [5.41, 5.74) is -0.700. The first-order valence-corrected chi connectivity index (χ1v) is 8.29. The van der Waals surface area contributed by atoms with Crippen LogP contribution in [0.25, 0.3) is 0 Å². The van der Waals surface area contributed by atoms with Crippen LogP contribution in [0.3, 0.4) is 0 Å². The molecule has 1 aliphatic rings. The lowest BCUT2D eigenvalue weighted by Crippen LogP contribution is -2.47. The van der Waals surface area contributed by atoms with Gasteiger partial charge in [-0.2, -0.15) is 0 Å². The van der Waals surface area contributed by atoms with Crippen LogP contribution in [0.4, 0.5) is 0 Å². The summed E-state index contributed by atoms with van der Waals surface area (Å²) < 4.78 is 0. The number of carboxylic acid groups (broad SMARTS) is 1. The molecule has 1 amide bonds. The molecule has 1 saturated carbocycles. The molecule has 1 fully saturated rings. The van der Waals surface area contributed by atoms with Crippen molar-refractivity contribution in [1.29, 1.82) is 0 Å². The maximum atomic E-state index is 11.8. The van der Waals surface area contributed by atoms with Gasteiger partial charge in [0.25, 0.3) is 0 Å². The first-order valence-electron chi connectivity index (χ1n) is 7.30. The van der Waals surface area contributed by atoms with E-state index in [1.807, 2.05) is 18.2 Å². The van der Waals surface area contributed by atoms with Crippen LogP contribution in [-0.4, -0.2) is 29.3 Å². The van der Waals surface area contributed by atoms with Crippen molar-refractivity contribution < 1.29 is 14.7 Å². The summed E-state index contributed by atoms with van der Waals surface area (Å²) in [4.78, 5) is 24.1. The van der Waals surface area contributed by atoms with Crippen LogP contribution in [0.2, 0.25) is 0 Å². The monoisotopic (exact) mass is 307 g/mol. The number of carbonyl (C=O) groups is 2. The van der Waals surface area contributed by atoms with E-state index in [9.17, 15) is 14.7 Å². The Morgan fingerprint density at radius 2 is 1.95 bits per heavy atom. The Hall–Kier alpha value is -1.49. The summed E-state index contributed by atoms with van der Waals surface area (Å²) in [6, 6.07) is 10.1. The summed E-state index contributed by atoms with van der Waals surface area (Å²) >= 11 is 1.73. The molecule has 0 atom stereocenters. The molecule has 0 spiro atoms. The van der Waals surface area contributed by atoms with Crippen molar-refractivity contribution in [3.05, 3.63) is 30.3 Å². The average molecular weight is 307 g/mol. The SMILES string of the molecule is O=C(CCCSc1ccccc1)NCC1(C(=O)O)CCC1. The molecule has 1 aromatic rings. The molecule has 0 aliphatic heterocycles. The van der Waals surface area contributed by atoms with Crippen LogP contribution >= 0.6 is 11.8 Å². The van der Waals surface area contributed by atoms with Crippen LogP contribution < -0.4 is 5.32 Å². The molecule has 114 valence electrons. The van der Waals surface area contributed by atoms with Gasteiger partial charge in [0.2, 0.25) is 5.91 Å². The lowest BCUT2D eigenvalue weighted by molar-refractivity contribution is -0.154. The number of benzene rings is 1. The molecule has 0 radical (unpaired) electrons. The molecule has 1 aliphatic carbocycles. The molecular formula is C16H21NO3S. The van der Waals surface area contributed by atoms with E-state index in [1.165, 1.54) is 4.90 Å². The normalized spacial score (nSPS) is 16.0. The fourth-order valence-electron chi connectivity index (χ4n) is 2.37. The molecular weight excluding hydrogens is 286 g/mol. The Morgan fingerprint density at radius 1 is 1.24 bits per heavy atom. The smallest absolute Gasteiger partial charge is 0.311 e. The van der Waals surface area contributed by atoms with E-state index in [1.54, 1.807) is 11.8 Å². The van der Waals surface area contributed by atoms with Gasteiger partial charge in [-0.1, -0.05) is 24.6 Å². The largest absolute Gasteiger partial charge is 0.481 e. The third-order valence-corrected chi connectivity index (χ3v) is 5.05. The average Bonchev–Trinajstić information content (AvgIpc) is 2.43. The zero-order valence-electron chi connectivity index (χ0n) is 12.0. The second-order valence-electron chi connectivity index (χ2n) is 5.48. The third-order valence-electron chi connectivity index (χ3n) is 3.95. The minimum absolute atomic E-state index is 0.0452. The Morgan fingerprint density at radius 3 is 2.52 bits per heavy atom. The number of amides is 1. The van der Waals surface area contributed by atoms with Crippen LogP contribution in [0.15, 0.2) is 35.2 Å². The molecule has 21 heavy (non-hydrogen) atoms. The third kappa shape index (κ3) is 4.49. The summed E-state index contributed by atoms with van der Waals surface area (Å²) in [7, 11) is 0. The quantitative estimate of drug-likeness (QED) is 0.572. The summed E-state index contributed by atoms with van der Waals surface area (Å²) in [6.07, 6.45) is 3.54. The van der Waals surface area contributed by atoms with Gasteiger partial charge in [-0.05, 0) is 37.1 Å². The van der Waals surface area contributed by atoms with Crippen LogP contribution in [0.1, 0.15) is 32.1 Å². The topological polar surface area (TPSA) is 66.4 Å². The van der Waals surface area contributed by atoms with E-state index < -0.39 is 11.4 Å². The maximum absolute atomic E-state index is 11.8. The Kier molecular flexibility index (Phi) is 5.67. The van der Waals surface area contributed by atoms with Crippen molar-refractivity contribution >= 4 is 23.6 Å². The van der Waals surface area contributed by atoms with Gasteiger partial charge in [0.05, 0.1) is 5.41 Å². The molecule has 2 N–H and O–H groups in total. The second kappa shape index (κ2) is 7.50. The number of carbonyl (C=O) groups excluding carboxylic acids is 1. The summed E-state index contributed by atoms with van der Waals surface area (Å²) in [5, 5.41) is 12.0. The zero-order chi connectivity index (χ0) is 15.1. The van der Waals surface area contributed by atoms with Gasteiger partial charge in [-0.25, -0.2) is 0 Å². The predicted molar refractivity (Wildman–Crippen MR) is 83.3 cm³/mol. The van der Waals surface area contributed by atoms with Crippen molar-refractivity contribution in [2.75, 3.05) is 12.3 Å². The molecule has 0 saturated heterocycles. The van der Waals surface area contributed by atoms with Gasteiger partial charge < -0.3 is 10.4 Å². The lowest BCUT2D eigenvalue weighted by atomic mass is 9.69.